The van der Waals surface area contributed by atoms with Crippen LogP contribution in [0.1, 0.15) is 5.56 Å². The Morgan fingerprint density at radius 1 is 1.00 bits per heavy atom. The fourth-order valence-electron chi connectivity index (χ4n) is 3.14. The number of ether oxygens (including phenoxy) is 3. The molecule has 0 amide bonds. The third-order valence-corrected chi connectivity index (χ3v) is 5.32. The van der Waals surface area contributed by atoms with Gasteiger partial charge in [0.1, 0.15) is 11.5 Å². The van der Waals surface area contributed by atoms with E-state index in [9.17, 15) is 0 Å². The van der Waals surface area contributed by atoms with Crippen molar-refractivity contribution in [2.45, 2.75) is 0 Å². The summed E-state index contributed by atoms with van der Waals surface area (Å²) in [5, 5.41) is 7.52. The molecule has 33 heavy (non-hydrogen) atoms. The Balaban J connectivity index is 1.57. The Morgan fingerprint density at radius 3 is 2.48 bits per heavy atom. The van der Waals surface area contributed by atoms with Gasteiger partial charge in [-0.2, -0.15) is 20.1 Å². The number of morpholine rings is 1. The molecule has 0 saturated carbocycles. The lowest BCUT2D eigenvalue weighted by molar-refractivity contribution is 0.122. The number of benzene rings is 2. The van der Waals surface area contributed by atoms with Gasteiger partial charge in [-0.05, 0) is 42.5 Å². The summed E-state index contributed by atoms with van der Waals surface area (Å²) in [6.07, 6.45) is 1.65. The molecule has 0 atom stereocenters. The average molecular weight is 514 g/mol. The molecule has 1 aliphatic heterocycles. The molecular weight excluding hydrogens is 490 g/mol. The summed E-state index contributed by atoms with van der Waals surface area (Å²) >= 11 is 3.46. The lowest BCUT2D eigenvalue weighted by Gasteiger charge is -2.27. The molecule has 2 N–H and O–H groups in total. The van der Waals surface area contributed by atoms with Gasteiger partial charge in [-0.25, -0.2) is 5.43 Å². The molecular formula is C22H24BrN7O3. The van der Waals surface area contributed by atoms with E-state index < -0.39 is 0 Å². The Kier molecular flexibility index (Phi) is 7.53. The number of nitrogens with one attached hydrogen (secondary N) is 2. The third-order valence-electron chi connectivity index (χ3n) is 4.82. The molecule has 1 aromatic heterocycles. The van der Waals surface area contributed by atoms with Crippen LogP contribution in [0.5, 0.6) is 11.5 Å². The fourth-order valence-corrected chi connectivity index (χ4v) is 3.52. The molecule has 172 valence electrons. The van der Waals surface area contributed by atoms with Crippen LogP contribution < -0.4 is 25.1 Å². The highest BCUT2D eigenvalue weighted by Crippen LogP contribution is 2.22. The average Bonchev–Trinajstić information content (AvgIpc) is 2.85. The van der Waals surface area contributed by atoms with E-state index in [-0.39, 0.29) is 0 Å². The van der Waals surface area contributed by atoms with E-state index in [0.717, 1.165) is 21.5 Å². The van der Waals surface area contributed by atoms with Crippen LogP contribution >= 0.6 is 15.9 Å². The third kappa shape index (κ3) is 6.08. The summed E-state index contributed by atoms with van der Waals surface area (Å²) in [6, 6.07) is 13.2. The van der Waals surface area contributed by atoms with Crippen LogP contribution in [-0.2, 0) is 4.74 Å². The van der Waals surface area contributed by atoms with Crippen LogP contribution in [0.3, 0.4) is 0 Å². The smallest absolute Gasteiger partial charge is 0.250 e. The number of hydrogen-bond acceptors (Lipinski definition) is 10. The summed E-state index contributed by atoms with van der Waals surface area (Å²) in [5.74, 6) is 2.73. The molecule has 0 radical (unpaired) electrons. The molecule has 0 unspecified atom stereocenters. The van der Waals surface area contributed by atoms with Gasteiger partial charge in [0.05, 0.1) is 33.6 Å². The van der Waals surface area contributed by atoms with Gasteiger partial charge in [-0.3, -0.25) is 0 Å². The number of aromatic nitrogens is 3. The van der Waals surface area contributed by atoms with Crippen LogP contribution in [0, 0.1) is 0 Å². The van der Waals surface area contributed by atoms with E-state index in [1.165, 1.54) is 0 Å². The van der Waals surface area contributed by atoms with Crippen LogP contribution in [-0.4, -0.2) is 61.7 Å². The van der Waals surface area contributed by atoms with Crippen molar-refractivity contribution in [3.05, 3.63) is 52.5 Å². The molecule has 1 fully saturated rings. The minimum atomic E-state index is 0.313. The maximum atomic E-state index is 5.45. The molecule has 0 aliphatic carbocycles. The Hall–Kier alpha value is -3.44. The van der Waals surface area contributed by atoms with Crippen molar-refractivity contribution < 1.29 is 14.2 Å². The van der Waals surface area contributed by atoms with Crippen molar-refractivity contribution in [3.63, 3.8) is 0 Å². The molecule has 11 heteroatoms. The number of anilines is 4. The van der Waals surface area contributed by atoms with Crippen molar-refractivity contribution in [2.24, 2.45) is 5.10 Å². The van der Waals surface area contributed by atoms with E-state index in [1.807, 2.05) is 42.5 Å². The highest BCUT2D eigenvalue weighted by Gasteiger charge is 2.17. The topological polar surface area (TPSA) is 106 Å². The largest absolute Gasteiger partial charge is 0.497 e. The monoisotopic (exact) mass is 513 g/mol. The number of nitrogens with zero attached hydrogens (tertiary/aromatic N) is 5. The zero-order valence-electron chi connectivity index (χ0n) is 18.3. The second kappa shape index (κ2) is 10.9. The molecule has 10 nitrogen and oxygen atoms in total. The predicted octanol–water partition coefficient (Wildman–Crippen LogP) is 3.68. The van der Waals surface area contributed by atoms with Crippen LogP contribution in [0.4, 0.5) is 23.5 Å². The zero-order chi connectivity index (χ0) is 23.0. The Morgan fingerprint density at radius 2 is 1.76 bits per heavy atom. The molecule has 2 heterocycles. The van der Waals surface area contributed by atoms with Gasteiger partial charge in [0.15, 0.2) is 0 Å². The molecule has 0 bridgehead atoms. The predicted molar refractivity (Wildman–Crippen MR) is 131 cm³/mol. The first-order valence-corrected chi connectivity index (χ1v) is 11.1. The first-order chi connectivity index (χ1) is 16.1. The maximum absolute atomic E-state index is 5.45. The summed E-state index contributed by atoms with van der Waals surface area (Å²) in [4.78, 5) is 15.6. The van der Waals surface area contributed by atoms with Gasteiger partial charge in [0.25, 0.3) is 0 Å². The van der Waals surface area contributed by atoms with Crippen LogP contribution in [0.25, 0.3) is 0 Å². The summed E-state index contributed by atoms with van der Waals surface area (Å²) in [5.41, 5.74) is 4.53. The first kappa shape index (κ1) is 22.7. The second-order valence-electron chi connectivity index (χ2n) is 6.99. The van der Waals surface area contributed by atoms with E-state index in [0.29, 0.717) is 49.9 Å². The molecule has 0 spiro atoms. The van der Waals surface area contributed by atoms with Gasteiger partial charge in [0.2, 0.25) is 17.8 Å². The van der Waals surface area contributed by atoms with Gasteiger partial charge in [-0.15, -0.1) is 0 Å². The van der Waals surface area contributed by atoms with Crippen molar-refractivity contribution in [3.8, 4) is 11.5 Å². The number of hydrazone groups is 1. The summed E-state index contributed by atoms with van der Waals surface area (Å²) in [7, 11) is 3.25. The highest BCUT2D eigenvalue weighted by atomic mass is 79.9. The standard InChI is InChI=1S/C22H24BrN7O3/c1-31-18-6-4-17(5-7-18)25-20-26-21(28-22(27-20)30-9-11-33-12-10-30)29-24-14-15-13-16(23)3-8-19(15)32-2/h3-8,13-14H,9-12H2,1-2H3,(H2,25,26,27,28,29)/b24-14+. The van der Waals surface area contributed by atoms with E-state index in [2.05, 4.69) is 51.6 Å². The molecule has 1 aliphatic rings. The zero-order valence-corrected chi connectivity index (χ0v) is 19.9. The lowest BCUT2D eigenvalue weighted by atomic mass is 10.2. The van der Waals surface area contributed by atoms with Gasteiger partial charge < -0.3 is 24.4 Å². The fraction of sp³-hybridized carbons (Fsp3) is 0.273. The number of methoxy groups -OCH3 is 2. The van der Waals surface area contributed by atoms with E-state index >= 15 is 0 Å². The Labute approximate surface area is 200 Å². The van der Waals surface area contributed by atoms with Crippen LogP contribution in [0.15, 0.2) is 52.0 Å². The quantitative estimate of drug-likeness (QED) is 0.344. The van der Waals surface area contributed by atoms with Crippen molar-refractivity contribution in [1.82, 2.24) is 15.0 Å². The minimum absolute atomic E-state index is 0.313. The van der Waals surface area contributed by atoms with Crippen molar-refractivity contribution in [2.75, 3.05) is 56.2 Å². The normalized spacial score (nSPS) is 13.7. The second-order valence-corrected chi connectivity index (χ2v) is 7.91. The minimum Gasteiger partial charge on any atom is -0.497 e. The lowest BCUT2D eigenvalue weighted by Crippen LogP contribution is -2.37. The molecule has 3 aromatic rings. The van der Waals surface area contributed by atoms with Crippen molar-refractivity contribution >= 4 is 45.7 Å². The van der Waals surface area contributed by atoms with Crippen LogP contribution in [0.2, 0.25) is 0 Å². The number of rotatable bonds is 8. The molecule has 2 aromatic carbocycles. The number of halogens is 1. The van der Waals surface area contributed by atoms with Crippen molar-refractivity contribution in [1.29, 1.82) is 0 Å². The molecule has 1 saturated heterocycles. The van der Waals surface area contributed by atoms with E-state index in [1.54, 1.807) is 20.4 Å². The molecule has 4 rings (SSSR count). The SMILES string of the molecule is COc1ccc(Nc2nc(N/N=C/c3cc(Br)ccc3OC)nc(N3CCOCC3)n2)cc1. The highest BCUT2D eigenvalue weighted by molar-refractivity contribution is 9.10. The summed E-state index contributed by atoms with van der Waals surface area (Å²) in [6.45, 7) is 2.64. The number of hydrogen-bond donors (Lipinski definition) is 2. The first-order valence-electron chi connectivity index (χ1n) is 10.3. The van der Waals surface area contributed by atoms with Gasteiger partial charge in [-0.1, -0.05) is 15.9 Å². The summed E-state index contributed by atoms with van der Waals surface area (Å²) < 4.78 is 17.0. The van der Waals surface area contributed by atoms with E-state index in [4.69, 9.17) is 14.2 Å². The maximum Gasteiger partial charge on any atom is 0.250 e. The van der Waals surface area contributed by atoms with Gasteiger partial charge in [0, 0.05) is 28.8 Å². The van der Waals surface area contributed by atoms with Gasteiger partial charge >= 0.3 is 0 Å². The Bertz CT molecular complexity index is 1110.